The minimum absolute atomic E-state index is 0.133. The van der Waals surface area contributed by atoms with Crippen LogP contribution in [0, 0.1) is 20.8 Å². The van der Waals surface area contributed by atoms with Crippen molar-refractivity contribution in [1.29, 1.82) is 0 Å². The van der Waals surface area contributed by atoms with E-state index in [4.69, 9.17) is 0 Å². The van der Waals surface area contributed by atoms with Crippen LogP contribution in [0.5, 0.6) is 0 Å². The molecule has 2 aromatic rings. The van der Waals surface area contributed by atoms with Gasteiger partial charge in [0.2, 0.25) is 11.8 Å². The summed E-state index contributed by atoms with van der Waals surface area (Å²) in [5.74, 6) is 0.444. The Morgan fingerprint density at radius 2 is 1.66 bits per heavy atom. The highest BCUT2D eigenvalue weighted by Gasteiger charge is 2.21. The third-order valence-electron chi connectivity index (χ3n) is 5.38. The summed E-state index contributed by atoms with van der Waals surface area (Å²) >= 11 is 0. The zero-order valence-electron chi connectivity index (χ0n) is 17.8. The number of aromatic nitrogens is 2. The lowest BCUT2D eigenvalue weighted by molar-refractivity contribution is -0.119. The number of hydrogen-bond acceptors (Lipinski definition) is 4. The van der Waals surface area contributed by atoms with Crippen molar-refractivity contribution >= 4 is 23.3 Å². The van der Waals surface area contributed by atoms with Crippen molar-refractivity contribution in [3.05, 3.63) is 41.1 Å². The molecular formula is C22H31N5O2. The van der Waals surface area contributed by atoms with Crippen LogP contribution < -0.4 is 10.6 Å². The van der Waals surface area contributed by atoms with Crippen LogP contribution in [0.3, 0.4) is 0 Å². The van der Waals surface area contributed by atoms with Gasteiger partial charge in [0, 0.05) is 11.8 Å². The Labute approximate surface area is 172 Å². The highest BCUT2D eigenvalue weighted by atomic mass is 16.2. The second-order valence-corrected chi connectivity index (χ2v) is 8.14. The number of benzene rings is 1. The Kier molecular flexibility index (Phi) is 6.69. The van der Waals surface area contributed by atoms with Gasteiger partial charge in [0.15, 0.2) is 0 Å². The van der Waals surface area contributed by atoms with Crippen LogP contribution in [-0.4, -0.2) is 46.6 Å². The molecule has 7 heteroatoms. The number of nitrogens with zero attached hydrogens (tertiary/aromatic N) is 3. The van der Waals surface area contributed by atoms with Crippen LogP contribution >= 0.6 is 0 Å². The first-order valence-electron chi connectivity index (χ1n) is 10.2. The largest absolute Gasteiger partial charge is 0.324 e. The number of likely N-dealkylation sites (N-methyl/N-ethyl adjacent to an activating group) is 1. The molecule has 2 amide bonds. The summed E-state index contributed by atoms with van der Waals surface area (Å²) in [5.41, 5.74) is 4.09. The molecule has 1 aliphatic carbocycles. The Morgan fingerprint density at radius 1 is 1.07 bits per heavy atom. The number of amides is 2. The fraction of sp³-hybridized carbons (Fsp3) is 0.500. The molecule has 1 saturated carbocycles. The molecule has 3 rings (SSSR count). The molecule has 0 saturated heterocycles. The van der Waals surface area contributed by atoms with Gasteiger partial charge in [0.25, 0.3) is 0 Å². The van der Waals surface area contributed by atoms with Gasteiger partial charge in [0.05, 0.1) is 25.3 Å². The Balaban J connectivity index is 1.52. The van der Waals surface area contributed by atoms with E-state index >= 15 is 0 Å². The lowest BCUT2D eigenvalue weighted by Crippen LogP contribution is -2.36. The van der Waals surface area contributed by atoms with Gasteiger partial charge in [0.1, 0.15) is 5.82 Å². The molecule has 0 bridgehead atoms. The lowest BCUT2D eigenvalue weighted by Gasteiger charge is -2.19. The number of nitrogens with one attached hydrogen (secondary N) is 2. The minimum atomic E-state index is -0.150. The summed E-state index contributed by atoms with van der Waals surface area (Å²) in [6.07, 6.45) is 6.33. The van der Waals surface area contributed by atoms with Crippen LogP contribution in [0.2, 0.25) is 0 Å². The predicted molar refractivity (Wildman–Crippen MR) is 115 cm³/mol. The van der Waals surface area contributed by atoms with E-state index in [0.29, 0.717) is 6.04 Å². The molecule has 1 aromatic carbocycles. The van der Waals surface area contributed by atoms with Crippen LogP contribution in [0.15, 0.2) is 24.4 Å². The average molecular weight is 398 g/mol. The van der Waals surface area contributed by atoms with Gasteiger partial charge >= 0.3 is 0 Å². The van der Waals surface area contributed by atoms with Gasteiger partial charge in [-0.2, -0.15) is 5.10 Å². The highest BCUT2D eigenvalue weighted by molar-refractivity contribution is 5.95. The van der Waals surface area contributed by atoms with E-state index in [1.807, 2.05) is 43.7 Å². The third kappa shape index (κ3) is 5.44. The van der Waals surface area contributed by atoms with Crippen LogP contribution in [0.4, 0.5) is 11.5 Å². The van der Waals surface area contributed by atoms with E-state index in [1.165, 1.54) is 18.4 Å². The normalized spacial score (nSPS) is 14.4. The van der Waals surface area contributed by atoms with Gasteiger partial charge in [-0.05, 0) is 51.8 Å². The molecule has 2 N–H and O–H groups in total. The molecule has 29 heavy (non-hydrogen) atoms. The second-order valence-electron chi connectivity index (χ2n) is 8.14. The molecule has 0 unspecified atom stereocenters. The van der Waals surface area contributed by atoms with Crippen molar-refractivity contribution in [1.82, 2.24) is 14.7 Å². The quantitative estimate of drug-likeness (QED) is 0.750. The van der Waals surface area contributed by atoms with Crippen molar-refractivity contribution in [3.63, 3.8) is 0 Å². The van der Waals surface area contributed by atoms with Gasteiger partial charge < -0.3 is 10.6 Å². The van der Waals surface area contributed by atoms with Crippen molar-refractivity contribution in [2.45, 2.75) is 52.5 Å². The Bertz CT molecular complexity index is 860. The number of anilines is 2. The minimum Gasteiger partial charge on any atom is -0.324 e. The van der Waals surface area contributed by atoms with Gasteiger partial charge in [-0.25, -0.2) is 4.68 Å². The maximum absolute atomic E-state index is 12.4. The molecule has 7 nitrogen and oxygen atoms in total. The smallest absolute Gasteiger partial charge is 0.239 e. The molecule has 1 aliphatic rings. The number of hydrogen-bond donors (Lipinski definition) is 2. The van der Waals surface area contributed by atoms with E-state index in [2.05, 4.69) is 15.7 Å². The first-order valence-corrected chi connectivity index (χ1v) is 10.2. The maximum atomic E-state index is 12.4. The summed E-state index contributed by atoms with van der Waals surface area (Å²) in [4.78, 5) is 26.6. The number of carbonyl (C=O) groups is 2. The molecule has 1 fully saturated rings. The van der Waals surface area contributed by atoms with Gasteiger partial charge in [-0.3, -0.25) is 14.5 Å². The lowest BCUT2D eigenvalue weighted by atomic mass is 10.1. The van der Waals surface area contributed by atoms with E-state index in [9.17, 15) is 9.59 Å². The fourth-order valence-corrected chi connectivity index (χ4v) is 4.14. The summed E-state index contributed by atoms with van der Waals surface area (Å²) in [6, 6.07) is 6.29. The van der Waals surface area contributed by atoms with E-state index in [-0.39, 0.29) is 24.9 Å². The van der Waals surface area contributed by atoms with Crippen molar-refractivity contribution in [2.75, 3.05) is 30.8 Å². The molecule has 0 spiro atoms. The molecule has 0 aliphatic heterocycles. The second kappa shape index (κ2) is 9.22. The van der Waals surface area contributed by atoms with E-state index in [0.717, 1.165) is 35.5 Å². The van der Waals surface area contributed by atoms with Crippen LogP contribution in [-0.2, 0) is 9.59 Å². The molecule has 0 atom stereocenters. The SMILES string of the molecule is Cc1cc(C)c(NC(=O)CN(C)CC(=O)Nc2ccnn2C2CCCC2)c(C)c1. The zero-order chi connectivity index (χ0) is 21.0. The predicted octanol–water partition coefficient (Wildman–Crippen LogP) is 3.43. The summed E-state index contributed by atoms with van der Waals surface area (Å²) < 4.78 is 1.92. The Morgan fingerprint density at radius 3 is 2.28 bits per heavy atom. The molecular weight excluding hydrogens is 366 g/mol. The first kappa shape index (κ1) is 21.0. The summed E-state index contributed by atoms with van der Waals surface area (Å²) in [6.45, 7) is 6.29. The average Bonchev–Trinajstić information content (AvgIpc) is 3.28. The van der Waals surface area contributed by atoms with E-state index < -0.39 is 0 Å². The first-order chi connectivity index (χ1) is 13.8. The molecule has 1 aromatic heterocycles. The summed E-state index contributed by atoms with van der Waals surface area (Å²) in [7, 11) is 1.77. The third-order valence-corrected chi connectivity index (χ3v) is 5.38. The monoisotopic (exact) mass is 397 g/mol. The standard InChI is InChI=1S/C22H31N5O2/c1-15-11-16(2)22(17(3)12-15)25-21(29)14-26(4)13-20(28)24-19-9-10-23-27(19)18-7-5-6-8-18/h9-12,18H,5-8,13-14H2,1-4H3,(H,24,28)(H,25,29). The topological polar surface area (TPSA) is 79.3 Å². The number of aryl methyl sites for hydroxylation is 3. The molecule has 1 heterocycles. The van der Waals surface area contributed by atoms with E-state index in [1.54, 1.807) is 18.1 Å². The molecule has 0 radical (unpaired) electrons. The summed E-state index contributed by atoms with van der Waals surface area (Å²) in [5, 5.41) is 10.3. The fourth-order valence-electron chi connectivity index (χ4n) is 4.14. The molecule has 156 valence electrons. The van der Waals surface area contributed by atoms with Crippen molar-refractivity contribution < 1.29 is 9.59 Å². The van der Waals surface area contributed by atoms with Gasteiger partial charge in [-0.1, -0.05) is 30.5 Å². The van der Waals surface area contributed by atoms with Crippen LogP contribution in [0.1, 0.15) is 48.4 Å². The van der Waals surface area contributed by atoms with Crippen molar-refractivity contribution in [2.24, 2.45) is 0 Å². The van der Waals surface area contributed by atoms with Gasteiger partial charge in [-0.15, -0.1) is 0 Å². The number of carbonyl (C=O) groups excluding carboxylic acids is 2. The maximum Gasteiger partial charge on any atom is 0.239 e. The van der Waals surface area contributed by atoms with Crippen LogP contribution in [0.25, 0.3) is 0 Å². The van der Waals surface area contributed by atoms with Crippen molar-refractivity contribution in [3.8, 4) is 0 Å². The zero-order valence-corrected chi connectivity index (χ0v) is 17.8. The number of rotatable bonds is 7. The highest BCUT2D eigenvalue weighted by Crippen LogP contribution is 2.31. The Hall–Kier alpha value is -2.67.